The van der Waals surface area contributed by atoms with Crippen molar-refractivity contribution in [3.63, 3.8) is 0 Å². The normalized spacial score (nSPS) is 10.2. The second kappa shape index (κ2) is 5.00. The third kappa shape index (κ3) is 2.25. The lowest BCUT2D eigenvalue weighted by Crippen LogP contribution is -2.10. The second-order valence-electron chi connectivity index (χ2n) is 3.96. The van der Waals surface area contributed by atoms with Gasteiger partial charge in [0.15, 0.2) is 5.82 Å². The number of nitrogens with zero attached hydrogens (tertiary/aromatic N) is 3. The van der Waals surface area contributed by atoms with Gasteiger partial charge in [-0.3, -0.25) is 0 Å². The molecule has 0 spiro atoms. The summed E-state index contributed by atoms with van der Waals surface area (Å²) < 4.78 is 18.2. The fourth-order valence-corrected chi connectivity index (χ4v) is 1.68. The Labute approximate surface area is 105 Å². The van der Waals surface area contributed by atoms with Gasteiger partial charge in [0.05, 0.1) is 13.3 Å². The van der Waals surface area contributed by atoms with Crippen LogP contribution < -0.4 is 9.64 Å². The molecule has 2 aromatic rings. The molecule has 18 heavy (non-hydrogen) atoms. The van der Waals surface area contributed by atoms with Crippen LogP contribution >= 0.6 is 0 Å². The molecule has 0 amide bonds. The van der Waals surface area contributed by atoms with Crippen LogP contribution in [0.1, 0.15) is 0 Å². The van der Waals surface area contributed by atoms with E-state index in [1.807, 2.05) is 43.3 Å². The molecule has 1 aromatic carbocycles. The number of hydrogen-bond acceptors (Lipinski definition) is 4. The number of hydrogen-bond donors (Lipinski definition) is 0. The standard InChI is InChI=1S/C13H14FN3O/c1-17(2)11-7-5-4-6-9(11)12-15-8-10(14)13(16-12)18-3/h4-8H,1-3H3. The molecule has 0 atom stereocenters. The van der Waals surface area contributed by atoms with Crippen molar-refractivity contribution >= 4 is 5.69 Å². The summed E-state index contributed by atoms with van der Waals surface area (Å²) in [5.74, 6) is -0.172. The monoisotopic (exact) mass is 247 g/mol. The van der Waals surface area contributed by atoms with Crippen molar-refractivity contribution in [3.05, 3.63) is 36.3 Å². The number of methoxy groups -OCH3 is 1. The van der Waals surface area contributed by atoms with E-state index in [-0.39, 0.29) is 5.88 Å². The van der Waals surface area contributed by atoms with Crippen molar-refractivity contribution in [2.24, 2.45) is 0 Å². The van der Waals surface area contributed by atoms with E-state index in [0.717, 1.165) is 17.4 Å². The molecule has 0 aliphatic carbocycles. The van der Waals surface area contributed by atoms with Crippen molar-refractivity contribution in [1.82, 2.24) is 9.97 Å². The molecule has 0 saturated heterocycles. The quantitative estimate of drug-likeness (QED) is 0.834. The van der Waals surface area contributed by atoms with Gasteiger partial charge in [-0.2, -0.15) is 9.37 Å². The topological polar surface area (TPSA) is 38.2 Å². The van der Waals surface area contributed by atoms with Crippen LogP contribution in [-0.4, -0.2) is 31.2 Å². The highest BCUT2D eigenvalue weighted by Gasteiger charge is 2.12. The third-order valence-corrected chi connectivity index (χ3v) is 2.53. The molecule has 0 aliphatic heterocycles. The van der Waals surface area contributed by atoms with Gasteiger partial charge in [-0.25, -0.2) is 4.98 Å². The van der Waals surface area contributed by atoms with Gasteiger partial charge in [0.2, 0.25) is 5.82 Å². The van der Waals surface area contributed by atoms with Gasteiger partial charge >= 0.3 is 0 Å². The molecule has 0 aliphatic rings. The van der Waals surface area contributed by atoms with Crippen LogP contribution in [0.5, 0.6) is 5.88 Å². The van der Waals surface area contributed by atoms with Crippen molar-refractivity contribution in [1.29, 1.82) is 0 Å². The van der Waals surface area contributed by atoms with Crippen molar-refractivity contribution in [3.8, 4) is 17.3 Å². The van der Waals surface area contributed by atoms with E-state index < -0.39 is 5.82 Å². The summed E-state index contributed by atoms with van der Waals surface area (Å²) >= 11 is 0. The number of aromatic nitrogens is 2. The molecule has 1 aromatic heterocycles. The van der Waals surface area contributed by atoms with E-state index in [4.69, 9.17) is 4.74 Å². The lowest BCUT2D eigenvalue weighted by molar-refractivity contribution is 0.367. The molecule has 0 radical (unpaired) electrons. The molecular weight excluding hydrogens is 233 g/mol. The van der Waals surface area contributed by atoms with Gasteiger partial charge < -0.3 is 9.64 Å². The zero-order valence-corrected chi connectivity index (χ0v) is 10.5. The van der Waals surface area contributed by atoms with Crippen LogP contribution in [0.4, 0.5) is 10.1 Å². The lowest BCUT2D eigenvalue weighted by Gasteiger charge is -2.16. The zero-order valence-electron chi connectivity index (χ0n) is 10.5. The summed E-state index contributed by atoms with van der Waals surface area (Å²) in [6.07, 6.45) is 1.12. The van der Waals surface area contributed by atoms with E-state index in [1.165, 1.54) is 7.11 Å². The van der Waals surface area contributed by atoms with Crippen molar-refractivity contribution < 1.29 is 9.13 Å². The van der Waals surface area contributed by atoms with Crippen LogP contribution in [0.15, 0.2) is 30.5 Å². The lowest BCUT2D eigenvalue weighted by atomic mass is 10.1. The first kappa shape index (κ1) is 12.3. The fourth-order valence-electron chi connectivity index (χ4n) is 1.68. The highest BCUT2D eigenvalue weighted by Crippen LogP contribution is 2.28. The van der Waals surface area contributed by atoms with Gasteiger partial charge in [-0.15, -0.1) is 0 Å². The van der Waals surface area contributed by atoms with Gasteiger partial charge in [0.25, 0.3) is 5.88 Å². The molecule has 5 heteroatoms. The Morgan fingerprint density at radius 1 is 1.22 bits per heavy atom. The first-order chi connectivity index (χ1) is 8.63. The summed E-state index contributed by atoms with van der Waals surface area (Å²) in [6, 6.07) is 7.66. The summed E-state index contributed by atoms with van der Waals surface area (Å²) in [5, 5.41) is 0. The first-order valence-corrected chi connectivity index (χ1v) is 5.46. The molecule has 0 unspecified atom stereocenters. The summed E-state index contributed by atoms with van der Waals surface area (Å²) in [5.41, 5.74) is 1.80. The average molecular weight is 247 g/mol. The predicted octanol–water partition coefficient (Wildman–Crippen LogP) is 2.36. The Bertz CT molecular complexity index is 558. The van der Waals surface area contributed by atoms with E-state index in [2.05, 4.69) is 9.97 Å². The minimum Gasteiger partial charge on any atom is -0.479 e. The molecule has 2 rings (SSSR count). The SMILES string of the molecule is COc1nc(-c2ccccc2N(C)C)ncc1F. The molecule has 94 valence electrons. The Kier molecular flexibility index (Phi) is 3.41. The number of rotatable bonds is 3. The maximum absolute atomic E-state index is 13.3. The second-order valence-corrected chi connectivity index (χ2v) is 3.96. The van der Waals surface area contributed by atoms with E-state index in [9.17, 15) is 4.39 Å². The first-order valence-electron chi connectivity index (χ1n) is 5.46. The number of para-hydroxylation sites is 1. The van der Waals surface area contributed by atoms with E-state index >= 15 is 0 Å². The van der Waals surface area contributed by atoms with Crippen LogP contribution in [0.25, 0.3) is 11.4 Å². The summed E-state index contributed by atoms with van der Waals surface area (Å²) in [7, 11) is 5.24. The summed E-state index contributed by atoms with van der Waals surface area (Å²) in [6.45, 7) is 0. The molecular formula is C13H14FN3O. The number of ether oxygens (including phenoxy) is 1. The summed E-state index contributed by atoms with van der Waals surface area (Å²) in [4.78, 5) is 10.0. The largest absolute Gasteiger partial charge is 0.479 e. The Hall–Kier alpha value is -2.17. The smallest absolute Gasteiger partial charge is 0.253 e. The van der Waals surface area contributed by atoms with Crippen LogP contribution in [0.2, 0.25) is 0 Å². The fraction of sp³-hybridized carbons (Fsp3) is 0.231. The number of anilines is 1. The minimum absolute atomic E-state index is 0.0476. The Morgan fingerprint density at radius 3 is 2.61 bits per heavy atom. The third-order valence-electron chi connectivity index (χ3n) is 2.53. The zero-order chi connectivity index (χ0) is 13.1. The van der Waals surface area contributed by atoms with Crippen molar-refractivity contribution in [2.45, 2.75) is 0 Å². The molecule has 0 N–H and O–H groups in total. The number of benzene rings is 1. The van der Waals surface area contributed by atoms with Crippen LogP contribution in [0.3, 0.4) is 0 Å². The number of halogens is 1. The van der Waals surface area contributed by atoms with Gasteiger partial charge in [-0.05, 0) is 12.1 Å². The van der Waals surface area contributed by atoms with Crippen molar-refractivity contribution in [2.75, 3.05) is 26.1 Å². The molecule has 1 heterocycles. The minimum atomic E-state index is -0.566. The maximum Gasteiger partial charge on any atom is 0.253 e. The highest BCUT2D eigenvalue weighted by molar-refractivity contribution is 5.74. The van der Waals surface area contributed by atoms with Gasteiger partial charge in [0.1, 0.15) is 0 Å². The average Bonchev–Trinajstić information content (AvgIpc) is 2.39. The predicted molar refractivity (Wildman–Crippen MR) is 68.3 cm³/mol. The van der Waals surface area contributed by atoms with Crippen LogP contribution in [-0.2, 0) is 0 Å². The highest BCUT2D eigenvalue weighted by atomic mass is 19.1. The molecule has 0 bridgehead atoms. The molecule has 0 fully saturated rings. The maximum atomic E-state index is 13.3. The van der Waals surface area contributed by atoms with E-state index in [0.29, 0.717) is 5.82 Å². The molecule has 4 nitrogen and oxygen atoms in total. The van der Waals surface area contributed by atoms with Gasteiger partial charge in [-0.1, -0.05) is 12.1 Å². The Balaban J connectivity index is 2.55. The van der Waals surface area contributed by atoms with Gasteiger partial charge in [0, 0.05) is 25.3 Å². The molecule has 0 saturated carbocycles. The Morgan fingerprint density at radius 2 is 1.94 bits per heavy atom. The van der Waals surface area contributed by atoms with Crippen LogP contribution in [0, 0.1) is 5.82 Å². The van der Waals surface area contributed by atoms with E-state index in [1.54, 1.807) is 0 Å².